The molecule has 0 atom stereocenters. The highest BCUT2D eigenvalue weighted by molar-refractivity contribution is 5.77. The summed E-state index contributed by atoms with van der Waals surface area (Å²) in [5.41, 5.74) is 2.25. The van der Waals surface area contributed by atoms with Crippen LogP contribution >= 0.6 is 0 Å². The molecule has 150 valence electrons. The first-order valence-corrected chi connectivity index (χ1v) is 9.89. The summed E-state index contributed by atoms with van der Waals surface area (Å²) < 4.78 is 4.64. The molecule has 0 amide bonds. The zero-order valence-corrected chi connectivity index (χ0v) is 16.6. The van der Waals surface area contributed by atoms with E-state index in [1.807, 2.05) is 77.4 Å². The molecule has 0 radical (unpaired) electrons. The fraction of sp³-hybridized carbons (Fsp3) is 0.174. The highest BCUT2D eigenvalue weighted by atomic mass is 16.2. The lowest BCUT2D eigenvalue weighted by molar-refractivity contribution is 0.663. The van der Waals surface area contributed by atoms with Crippen molar-refractivity contribution in [3.63, 3.8) is 0 Å². The second-order valence-electron chi connectivity index (χ2n) is 7.29. The molecule has 4 aromatic rings. The van der Waals surface area contributed by atoms with Gasteiger partial charge in [-0.15, -0.1) is 0 Å². The van der Waals surface area contributed by atoms with Gasteiger partial charge in [-0.25, -0.2) is 4.79 Å². The minimum Gasteiger partial charge on any atom is -0.310 e. The summed E-state index contributed by atoms with van der Waals surface area (Å²) in [6.07, 6.45) is 3.75. The number of allylic oxidation sites excluding steroid dienone is 1. The van der Waals surface area contributed by atoms with Crippen molar-refractivity contribution in [2.45, 2.75) is 13.1 Å². The van der Waals surface area contributed by atoms with Crippen LogP contribution in [0.3, 0.4) is 0 Å². The number of aryl methyl sites for hydroxylation is 1. The second-order valence-corrected chi connectivity index (χ2v) is 7.29. The van der Waals surface area contributed by atoms with Crippen molar-refractivity contribution in [1.29, 1.82) is 0 Å². The number of hydrogen-bond donors (Lipinski definition) is 0. The van der Waals surface area contributed by atoms with Gasteiger partial charge in [-0.1, -0.05) is 60.7 Å². The van der Waals surface area contributed by atoms with Gasteiger partial charge >= 0.3 is 5.69 Å². The van der Waals surface area contributed by atoms with Gasteiger partial charge in [0.25, 0.3) is 5.56 Å². The molecule has 1 aliphatic rings. The van der Waals surface area contributed by atoms with Crippen LogP contribution in [0.5, 0.6) is 0 Å². The van der Waals surface area contributed by atoms with Crippen molar-refractivity contribution in [2.75, 3.05) is 11.4 Å². The van der Waals surface area contributed by atoms with E-state index >= 15 is 0 Å². The van der Waals surface area contributed by atoms with E-state index in [4.69, 9.17) is 0 Å². The molecule has 0 unspecified atom stereocenters. The Kier molecular flexibility index (Phi) is 4.35. The monoisotopic (exact) mass is 399 g/mol. The van der Waals surface area contributed by atoms with Crippen LogP contribution < -0.4 is 16.1 Å². The summed E-state index contributed by atoms with van der Waals surface area (Å²) in [6.45, 7) is 1.59. The third-order valence-electron chi connectivity index (χ3n) is 5.47. The number of rotatable bonds is 4. The van der Waals surface area contributed by atoms with Gasteiger partial charge in [0.15, 0.2) is 11.2 Å². The Hall–Kier alpha value is -3.87. The molecule has 0 saturated carbocycles. The Labute approximate surface area is 172 Å². The Morgan fingerprint density at radius 1 is 0.967 bits per heavy atom. The van der Waals surface area contributed by atoms with Gasteiger partial charge in [0.2, 0.25) is 5.95 Å². The first kappa shape index (κ1) is 18.2. The van der Waals surface area contributed by atoms with Crippen molar-refractivity contribution >= 4 is 28.9 Å². The van der Waals surface area contributed by atoms with E-state index in [9.17, 15) is 9.59 Å². The smallest absolute Gasteiger partial charge is 0.310 e. The molecule has 0 aliphatic carbocycles. The number of para-hydroxylation sites is 1. The summed E-state index contributed by atoms with van der Waals surface area (Å²) in [5.74, 6) is 0.695. The topological polar surface area (TPSA) is 65.1 Å². The largest absolute Gasteiger partial charge is 0.332 e. The Morgan fingerprint density at radius 2 is 1.67 bits per heavy atom. The molecule has 0 bridgehead atoms. The molecule has 7 nitrogen and oxygen atoms in total. The first-order valence-electron chi connectivity index (χ1n) is 9.89. The molecule has 3 heterocycles. The average molecular weight is 399 g/mol. The molecule has 0 fully saturated rings. The van der Waals surface area contributed by atoms with Crippen LogP contribution in [-0.4, -0.2) is 25.2 Å². The quantitative estimate of drug-likeness (QED) is 0.529. The number of anilines is 2. The Balaban J connectivity index is 1.59. The highest BCUT2D eigenvalue weighted by Gasteiger charge is 2.28. The first-order chi connectivity index (χ1) is 14.6. The van der Waals surface area contributed by atoms with Gasteiger partial charge < -0.3 is 9.47 Å². The van der Waals surface area contributed by atoms with Gasteiger partial charge in [-0.05, 0) is 17.7 Å². The molecular formula is C23H21N5O2. The number of nitrogens with zero attached hydrogens (tertiary/aromatic N) is 5. The number of aromatic nitrogens is 4. The summed E-state index contributed by atoms with van der Waals surface area (Å²) in [5, 5.41) is 0. The lowest BCUT2D eigenvalue weighted by atomic mass is 10.2. The maximum absolute atomic E-state index is 13.2. The summed E-state index contributed by atoms with van der Waals surface area (Å²) in [4.78, 5) is 32.8. The predicted octanol–water partition coefficient (Wildman–Crippen LogP) is 2.76. The lowest BCUT2D eigenvalue weighted by Gasteiger charge is -2.15. The van der Waals surface area contributed by atoms with Crippen molar-refractivity contribution in [2.24, 2.45) is 7.05 Å². The van der Waals surface area contributed by atoms with Crippen molar-refractivity contribution in [3.8, 4) is 0 Å². The van der Waals surface area contributed by atoms with Crippen molar-refractivity contribution in [1.82, 2.24) is 18.7 Å². The number of imidazole rings is 1. The van der Waals surface area contributed by atoms with Crippen LogP contribution in [0.4, 0.5) is 11.6 Å². The van der Waals surface area contributed by atoms with Gasteiger partial charge in [0.1, 0.15) is 0 Å². The molecule has 30 heavy (non-hydrogen) atoms. The Bertz CT molecular complexity index is 1360. The molecule has 0 spiro atoms. The maximum Gasteiger partial charge on any atom is 0.332 e. The van der Waals surface area contributed by atoms with Crippen LogP contribution in [0.2, 0.25) is 0 Å². The fourth-order valence-electron chi connectivity index (χ4n) is 3.95. The third-order valence-corrected chi connectivity index (χ3v) is 5.47. The van der Waals surface area contributed by atoms with E-state index in [1.54, 1.807) is 7.05 Å². The van der Waals surface area contributed by atoms with Gasteiger partial charge in [0, 0.05) is 32.4 Å². The van der Waals surface area contributed by atoms with Crippen LogP contribution in [0.25, 0.3) is 17.2 Å². The number of fused-ring (bicyclic) bond motifs is 3. The van der Waals surface area contributed by atoms with Crippen molar-refractivity contribution in [3.05, 3.63) is 93.1 Å². The van der Waals surface area contributed by atoms with Gasteiger partial charge in [0.05, 0.1) is 0 Å². The molecule has 2 aromatic heterocycles. The zero-order valence-electron chi connectivity index (χ0n) is 16.6. The second kappa shape index (κ2) is 7.18. The molecular weight excluding hydrogens is 378 g/mol. The maximum atomic E-state index is 13.2. The van der Waals surface area contributed by atoms with E-state index in [0.29, 0.717) is 23.7 Å². The van der Waals surface area contributed by atoms with E-state index in [-0.39, 0.29) is 17.8 Å². The third kappa shape index (κ3) is 2.86. The van der Waals surface area contributed by atoms with E-state index in [1.165, 1.54) is 9.13 Å². The fourth-order valence-corrected chi connectivity index (χ4v) is 3.95. The molecule has 7 heteroatoms. The number of benzene rings is 2. The minimum atomic E-state index is -0.367. The van der Waals surface area contributed by atoms with Crippen LogP contribution in [-0.2, 0) is 20.1 Å². The Morgan fingerprint density at radius 3 is 2.40 bits per heavy atom. The molecule has 0 saturated heterocycles. The van der Waals surface area contributed by atoms with Crippen LogP contribution in [0, 0.1) is 0 Å². The average Bonchev–Trinajstić information content (AvgIpc) is 3.35. The van der Waals surface area contributed by atoms with Crippen LogP contribution in [0.15, 0.2) is 76.3 Å². The van der Waals surface area contributed by atoms with Gasteiger partial charge in [-0.2, -0.15) is 4.98 Å². The number of hydrogen-bond acceptors (Lipinski definition) is 4. The normalized spacial score (nSPS) is 13.4. The van der Waals surface area contributed by atoms with Crippen molar-refractivity contribution < 1.29 is 0 Å². The minimum absolute atomic E-state index is 0.208. The summed E-state index contributed by atoms with van der Waals surface area (Å²) in [7, 11) is 1.66. The zero-order chi connectivity index (χ0) is 20.7. The standard InChI is InChI=1S/C23H21N5O2/c1-25-20-19(27-16-15-26(22(27)24-20)18-12-6-3-7-13-18)21(29)28(23(25)30)14-8-11-17-9-4-2-5-10-17/h2-13H,14-16H2,1H3/b11-8+. The molecule has 1 aliphatic heterocycles. The molecule has 5 rings (SSSR count). The molecule has 2 aromatic carbocycles. The SMILES string of the molecule is Cn1c(=O)n(C/C=C/c2ccccc2)c(=O)c2c1nc1n2CCN1c1ccccc1. The van der Waals surface area contributed by atoms with Gasteiger partial charge in [-0.3, -0.25) is 13.9 Å². The van der Waals surface area contributed by atoms with E-state index in [0.717, 1.165) is 17.8 Å². The highest BCUT2D eigenvalue weighted by Crippen LogP contribution is 2.31. The van der Waals surface area contributed by atoms with Crippen LogP contribution in [0.1, 0.15) is 5.56 Å². The lowest BCUT2D eigenvalue weighted by Crippen LogP contribution is -2.39. The molecule has 0 N–H and O–H groups in total. The predicted molar refractivity (Wildman–Crippen MR) is 118 cm³/mol. The summed E-state index contributed by atoms with van der Waals surface area (Å²) in [6, 6.07) is 19.7. The van der Waals surface area contributed by atoms with E-state index < -0.39 is 0 Å². The van der Waals surface area contributed by atoms with E-state index in [2.05, 4.69) is 9.88 Å². The summed E-state index contributed by atoms with van der Waals surface area (Å²) >= 11 is 0.